The van der Waals surface area contributed by atoms with E-state index in [9.17, 15) is 4.79 Å². The number of hydrogen-bond acceptors (Lipinski definition) is 4. The smallest absolute Gasteiger partial charge is 0.234 e. The predicted molar refractivity (Wildman–Crippen MR) is 101 cm³/mol. The van der Waals surface area contributed by atoms with Gasteiger partial charge in [-0.25, -0.2) is 0 Å². The number of likely N-dealkylation sites (tertiary alicyclic amines) is 1. The quantitative estimate of drug-likeness (QED) is 0.671. The first kappa shape index (κ1) is 19.9. The lowest BCUT2D eigenvalue weighted by molar-refractivity contribution is -0.120. The SMILES string of the molecule is COCCNCC(=O)NCc1ccc(CN2CC(C)CC(C)C2)cc1. The molecule has 2 N–H and O–H groups in total. The molecular formula is C20H33N3O2. The summed E-state index contributed by atoms with van der Waals surface area (Å²) in [5, 5.41) is 5.98. The molecule has 1 aromatic rings. The number of hydrogen-bond donors (Lipinski definition) is 2. The summed E-state index contributed by atoms with van der Waals surface area (Å²) in [5.41, 5.74) is 2.48. The summed E-state index contributed by atoms with van der Waals surface area (Å²) in [5.74, 6) is 1.59. The molecule has 1 aromatic carbocycles. The molecule has 5 heteroatoms. The van der Waals surface area contributed by atoms with Crippen LogP contribution in [0.4, 0.5) is 0 Å². The van der Waals surface area contributed by atoms with Crippen molar-refractivity contribution in [1.82, 2.24) is 15.5 Å². The van der Waals surface area contributed by atoms with Crippen molar-refractivity contribution in [2.24, 2.45) is 11.8 Å². The van der Waals surface area contributed by atoms with Crippen LogP contribution in [0.3, 0.4) is 0 Å². The third kappa shape index (κ3) is 7.55. The van der Waals surface area contributed by atoms with Gasteiger partial charge in [-0.2, -0.15) is 0 Å². The Morgan fingerprint density at radius 3 is 2.44 bits per heavy atom. The van der Waals surface area contributed by atoms with E-state index in [0.29, 0.717) is 26.2 Å². The molecule has 25 heavy (non-hydrogen) atoms. The van der Waals surface area contributed by atoms with E-state index in [1.54, 1.807) is 7.11 Å². The zero-order valence-electron chi connectivity index (χ0n) is 15.9. The van der Waals surface area contributed by atoms with E-state index in [1.807, 2.05) is 0 Å². The van der Waals surface area contributed by atoms with Crippen LogP contribution in [0, 0.1) is 11.8 Å². The van der Waals surface area contributed by atoms with Crippen molar-refractivity contribution < 1.29 is 9.53 Å². The molecule has 1 amide bonds. The Morgan fingerprint density at radius 1 is 1.16 bits per heavy atom. The molecule has 0 aliphatic carbocycles. The van der Waals surface area contributed by atoms with Crippen molar-refractivity contribution in [2.45, 2.75) is 33.4 Å². The van der Waals surface area contributed by atoms with E-state index in [4.69, 9.17) is 4.74 Å². The van der Waals surface area contributed by atoms with Gasteiger partial charge in [0.2, 0.25) is 5.91 Å². The highest BCUT2D eigenvalue weighted by Crippen LogP contribution is 2.22. The average Bonchev–Trinajstić information content (AvgIpc) is 2.57. The number of methoxy groups -OCH3 is 1. The average molecular weight is 348 g/mol. The van der Waals surface area contributed by atoms with Crippen LogP contribution in [0.15, 0.2) is 24.3 Å². The second kappa shape index (κ2) is 10.5. The zero-order valence-corrected chi connectivity index (χ0v) is 15.9. The van der Waals surface area contributed by atoms with Gasteiger partial charge in [-0.15, -0.1) is 0 Å². The monoisotopic (exact) mass is 347 g/mol. The van der Waals surface area contributed by atoms with Crippen LogP contribution < -0.4 is 10.6 Å². The van der Waals surface area contributed by atoms with Crippen molar-refractivity contribution in [3.05, 3.63) is 35.4 Å². The predicted octanol–water partition coefficient (Wildman–Crippen LogP) is 2.02. The lowest BCUT2D eigenvalue weighted by Gasteiger charge is -2.35. The van der Waals surface area contributed by atoms with Gasteiger partial charge in [0.05, 0.1) is 13.2 Å². The third-order valence-electron chi connectivity index (χ3n) is 4.63. The van der Waals surface area contributed by atoms with E-state index < -0.39 is 0 Å². The standard InChI is InChI=1S/C20H33N3O2/c1-16-10-17(2)14-23(13-16)15-19-6-4-18(5-7-19)11-22-20(24)12-21-8-9-25-3/h4-7,16-17,21H,8-15H2,1-3H3,(H,22,24). The molecule has 140 valence electrons. The minimum atomic E-state index is 0.0106. The molecule has 5 nitrogen and oxygen atoms in total. The first-order chi connectivity index (χ1) is 12.1. The minimum Gasteiger partial charge on any atom is -0.383 e. The largest absolute Gasteiger partial charge is 0.383 e. The fourth-order valence-corrected chi connectivity index (χ4v) is 3.58. The summed E-state index contributed by atoms with van der Waals surface area (Å²) in [4.78, 5) is 14.3. The Bertz CT molecular complexity index is 508. The summed E-state index contributed by atoms with van der Waals surface area (Å²) >= 11 is 0. The van der Waals surface area contributed by atoms with Crippen molar-refractivity contribution >= 4 is 5.91 Å². The Labute approximate surface area is 152 Å². The number of ether oxygens (including phenoxy) is 1. The van der Waals surface area contributed by atoms with E-state index in [2.05, 4.69) is 53.6 Å². The normalized spacial score (nSPS) is 21.2. The molecule has 0 spiro atoms. The number of benzene rings is 1. The van der Waals surface area contributed by atoms with Crippen LogP contribution in [0.2, 0.25) is 0 Å². The second-order valence-electron chi connectivity index (χ2n) is 7.40. The van der Waals surface area contributed by atoms with Crippen LogP contribution in [0.5, 0.6) is 0 Å². The topological polar surface area (TPSA) is 53.6 Å². The Kier molecular flexibility index (Phi) is 8.38. The highest BCUT2D eigenvalue weighted by Gasteiger charge is 2.21. The zero-order chi connectivity index (χ0) is 18.1. The van der Waals surface area contributed by atoms with Gasteiger partial charge >= 0.3 is 0 Å². The van der Waals surface area contributed by atoms with Crippen molar-refractivity contribution in [3.63, 3.8) is 0 Å². The van der Waals surface area contributed by atoms with Gasteiger partial charge in [-0.05, 0) is 29.4 Å². The van der Waals surface area contributed by atoms with Gasteiger partial charge < -0.3 is 15.4 Å². The van der Waals surface area contributed by atoms with E-state index in [1.165, 1.54) is 25.1 Å². The molecule has 2 unspecified atom stereocenters. The molecule has 0 bridgehead atoms. The maximum absolute atomic E-state index is 11.7. The summed E-state index contributed by atoms with van der Waals surface area (Å²) in [6, 6.07) is 8.60. The van der Waals surface area contributed by atoms with Crippen molar-refractivity contribution in [1.29, 1.82) is 0 Å². The number of nitrogens with zero attached hydrogens (tertiary/aromatic N) is 1. The molecule has 1 heterocycles. The number of carbonyl (C=O) groups excluding carboxylic acids is 1. The Hall–Kier alpha value is -1.43. The summed E-state index contributed by atoms with van der Waals surface area (Å²) in [6.07, 6.45) is 1.34. The minimum absolute atomic E-state index is 0.0106. The molecule has 2 atom stereocenters. The lowest BCUT2D eigenvalue weighted by Crippen LogP contribution is -2.38. The molecule has 0 aromatic heterocycles. The molecule has 1 fully saturated rings. The summed E-state index contributed by atoms with van der Waals surface area (Å²) < 4.78 is 4.93. The van der Waals surface area contributed by atoms with Crippen LogP contribution in [0.1, 0.15) is 31.4 Å². The Balaban J connectivity index is 1.71. The molecule has 0 saturated carbocycles. The van der Waals surface area contributed by atoms with Crippen molar-refractivity contribution in [3.8, 4) is 0 Å². The van der Waals surface area contributed by atoms with Crippen LogP contribution in [0.25, 0.3) is 0 Å². The first-order valence-electron chi connectivity index (χ1n) is 9.33. The number of nitrogens with one attached hydrogen (secondary N) is 2. The van der Waals surface area contributed by atoms with Crippen LogP contribution >= 0.6 is 0 Å². The molecule has 1 aliphatic heterocycles. The third-order valence-corrected chi connectivity index (χ3v) is 4.63. The maximum atomic E-state index is 11.7. The van der Waals surface area contributed by atoms with E-state index in [-0.39, 0.29) is 5.91 Å². The highest BCUT2D eigenvalue weighted by atomic mass is 16.5. The fourth-order valence-electron chi connectivity index (χ4n) is 3.58. The fraction of sp³-hybridized carbons (Fsp3) is 0.650. The first-order valence-corrected chi connectivity index (χ1v) is 9.33. The van der Waals surface area contributed by atoms with Gasteiger partial charge in [-0.1, -0.05) is 38.1 Å². The van der Waals surface area contributed by atoms with E-state index in [0.717, 1.165) is 23.9 Å². The molecule has 1 saturated heterocycles. The summed E-state index contributed by atoms with van der Waals surface area (Å²) in [6.45, 7) is 10.3. The van der Waals surface area contributed by atoms with Gasteiger partial charge in [0, 0.05) is 39.8 Å². The highest BCUT2D eigenvalue weighted by molar-refractivity contribution is 5.77. The van der Waals surface area contributed by atoms with Crippen molar-refractivity contribution in [2.75, 3.05) is 39.9 Å². The van der Waals surface area contributed by atoms with Gasteiger partial charge in [0.15, 0.2) is 0 Å². The van der Waals surface area contributed by atoms with Gasteiger partial charge in [-0.3, -0.25) is 9.69 Å². The molecule has 0 radical (unpaired) electrons. The number of amides is 1. The molecule has 2 rings (SSSR count). The van der Waals surface area contributed by atoms with E-state index >= 15 is 0 Å². The lowest BCUT2D eigenvalue weighted by atomic mass is 9.91. The van der Waals surface area contributed by atoms with Crippen LogP contribution in [-0.4, -0.2) is 50.7 Å². The number of carbonyl (C=O) groups is 1. The Morgan fingerprint density at radius 2 is 1.80 bits per heavy atom. The van der Waals surface area contributed by atoms with Crippen LogP contribution in [-0.2, 0) is 22.6 Å². The summed E-state index contributed by atoms with van der Waals surface area (Å²) in [7, 11) is 1.65. The molecular weight excluding hydrogens is 314 g/mol. The van der Waals surface area contributed by atoms with Gasteiger partial charge in [0.25, 0.3) is 0 Å². The maximum Gasteiger partial charge on any atom is 0.234 e. The number of piperidine rings is 1. The number of rotatable bonds is 9. The van der Waals surface area contributed by atoms with Gasteiger partial charge in [0.1, 0.15) is 0 Å². The molecule has 1 aliphatic rings. The second-order valence-corrected chi connectivity index (χ2v) is 7.40.